The van der Waals surface area contributed by atoms with E-state index in [4.69, 9.17) is 7.73 Å². The summed E-state index contributed by atoms with van der Waals surface area (Å²) >= 11 is 0. The molecule has 14 aromatic rings. The molecule has 5 heteroatoms. The minimum atomic E-state index is -0.924. The van der Waals surface area contributed by atoms with Crippen molar-refractivity contribution < 1.29 is 24.7 Å². The normalized spacial score (nSPS) is 15.6. The van der Waals surface area contributed by atoms with E-state index >= 15 is 0 Å². The van der Waals surface area contributed by atoms with Crippen LogP contribution in [0.1, 0.15) is 130 Å². The molecule has 0 atom stereocenters. The largest absolute Gasteiger partial charge is 0.310 e. The monoisotopic (exact) mass is 1280 g/mol. The van der Waals surface area contributed by atoms with Crippen LogP contribution in [0, 0.1) is 0 Å². The first kappa shape index (κ1) is 44.9. The van der Waals surface area contributed by atoms with Gasteiger partial charge in [0.1, 0.15) is 0 Å². The van der Waals surface area contributed by atoms with Crippen molar-refractivity contribution in [2.75, 3.05) is 9.80 Å². The van der Waals surface area contributed by atoms with Crippen LogP contribution in [-0.2, 0) is 21.7 Å². The van der Waals surface area contributed by atoms with Crippen molar-refractivity contribution in [1.29, 1.82) is 0 Å². The molecule has 0 N–H and O–H groups in total. The molecule has 4 nitrogen and oxygen atoms in total. The molecule has 0 unspecified atom stereocenters. The summed E-state index contributed by atoms with van der Waals surface area (Å²) in [5.74, 6) is 0. The Morgan fingerprint density at radius 1 is 0.327 bits per heavy atom. The van der Waals surface area contributed by atoms with Crippen LogP contribution >= 0.6 is 0 Å². The summed E-state index contributed by atoms with van der Waals surface area (Å²) in [5, 5.41) is -0.331. The molecule has 98 heavy (non-hydrogen) atoms. The average molecular weight is 1290 g/mol. The number of hydrogen-bond donors (Lipinski definition) is 0. The second-order valence-electron chi connectivity index (χ2n) is 29.9. The van der Waals surface area contributed by atoms with Crippen molar-refractivity contribution in [3.63, 3.8) is 0 Å². The number of para-hydroxylation sites is 2. The fraction of sp³-hybridized carbons (Fsp3) is 0.172. The van der Waals surface area contributed by atoms with Crippen molar-refractivity contribution in [3.8, 4) is 72.4 Å². The van der Waals surface area contributed by atoms with Gasteiger partial charge in [-0.3, -0.25) is 4.98 Å². The third kappa shape index (κ3) is 10.7. The first-order chi connectivity index (χ1) is 54.6. The lowest BCUT2D eigenvalue weighted by Gasteiger charge is -2.46. The van der Waals surface area contributed by atoms with E-state index < -0.39 is 137 Å². The third-order valence-corrected chi connectivity index (χ3v) is 19.2. The van der Waals surface area contributed by atoms with E-state index in [0.29, 0.717) is 56.1 Å². The van der Waals surface area contributed by atoms with Gasteiger partial charge in [-0.15, -0.1) is 0 Å². The second-order valence-corrected chi connectivity index (χ2v) is 29.9. The zero-order valence-corrected chi connectivity index (χ0v) is 57.1. The van der Waals surface area contributed by atoms with Crippen molar-refractivity contribution in [2.45, 2.75) is 105 Å². The topological polar surface area (TPSA) is 24.3 Å². The van der Waals surface area contributed by atoms with Gasteiger partial charge in [-0.05, 0) is 144 Å². The Labute approximate surface area is 605 Å². The maximum atomic E-state index is 10.2. The lowest BCUT2D eigenvalue weighted by molar-refractivity contribution is 0.532. The number of aromatic nitrogens is 2. The number of pyridine rings is 1. The SMILES string of the molecule is [2H]c1c([2H])c([2H])c(-c2ccc3c(c2)N(c2c(-c4ccccc4)cc(C(C)(C)C)cc2-c2ccccc2)c2cc(-n4c5c([2H])c([2H])c([2H])c([2H])c5c5c([2H])c([2H])c([2H])c([2H])c54)cc4c2B3c2ccc(-c3c([2H])c([2H])c([2H])c([2H])c3[2H])cc2N4c2c(-c3ccccc3)cc(C(C)(C)C)cc2-c2ccc(C(C)(C)C)nc2C(C)(C)C)c([2H])c1[2H]. The van der Waals surface area contributed by atoms with Crippen LogP contribution < -0.4 is 26.2 Å². The molecule has 16 rings (SSSR count). The van der Waals surface area contributed by atoms with Crippen molar-refractivity contribution in [1.82, 2.24) is 9.55 Å². The van der Waals surface area contributed by atoms with Crippen LogP contribution in [0.5, 0.6) is 0 Å². The molecular weight excluding hydrogens is 1180 g/mol. The van der Waals surface area contributed by atoms with E-state index in [2.05, 4.69) is 129 Å². The summed E-state index contributed by atoms with van der Waals surface area (Å²) in [5.41, 5.74) is 12.4. The lowest BCUT2D eigenvalue weighted by Crippen LogP contribution is -2.61. The van der Waals surface area contributed by atoms with E-state index in [9.17, 15) is 21.9 Å². The van der Waals surface area contributed by atoms with Crippen LogP contribution in [0.4, 0.5) is 34.1 Å². The van der Waals surface area contributed by atoms with Gasteiger partial charge < -0.3 is 14.4 Å². The lowest BCUT2D eigenvalue weighted by atomic mass is 9.33. The zero-order chi connectivity index (χ0) is 83.2. The molecule has 12 aromatic carbocycles. The van der Waals surface area contributed by atoms with Gasteiger partial charge in [0.15, 0.2) is 0 Å². The highest BCUT2D eigenvalue weighted by molar-refractivity contribution is 7.00. The molecule has 0 saturated heterocycles. The number of hydrogen-bond acceptors (Lipinski definition) is 3. The van der Waals surface area contributed by atoms with E-state index in [0.717, 1.165) is 61.5 Å². The van der Waals surface area contributed by atoms with Gasteiger partial charge in [0.2, 0.25) is 0 Å². The number of anilines is 6. The predicted octanol–water partition coefficient (Wildman–Crippen LogP) is 23.5. The minimum absolute atomic E-state index is 0.0833. The smallest absolute Gasteiger partial charge is 0.252 e. The molecule has 2 aliphatic heterocycles. The molecule has 4 heterocycles. The quantitative estimate of drug-likeness (QED) is 0.135. The van der Waals surface area contributed by atoms with E-state index in [1.807, 2.05) is 127 Å². The molecule has 0 aliphatic carbocycles. The fourth-order valence-electron chi connectivity index (χ4n) is 14.4. The van der Waals surface area contributed by atoms with Gasteiger partial charge in [-0.25, -0.2) is 0 Å². The average Bonchev–Trinajstić information content (AvgIpc) is 1.65. The molecule has 0 amide bonds. The highest BCUT2D eigenvalue weighted by Crippen LogP contribution is 2.56. The number of benzene rings is 12. The molecule has 0 fully saturated rings. The summed E-state index contributed by atoms with van der Waals surface area (Å²) in [7, 11) is 0. The van der Waals surface area contributed by atoms with Crippen LogP contribution in [-0.4, -0.2) is 16.3 Å². The Balaban J connectivity index is 1.22. The Bertz CT molecular complexity index is 6360. The summed E-state index contributed by atoms with van der Waals surface area (Å²) in [6, 6.07) is 47.9. The number of nitrogens with zero attached hydrogens (tertiary/aromatic N) is 4. The summed E-state index contributed by atoms with van der Waals surface area (Å²) in [6.45, 7) is 24.8. The van der Waals surface area contributed by atoms with Gasteiger partial charge in [0, 0.05) is 77.9 Å². The van der Waals surface area contributed by atoms with Crippen molar-refractivity contribution >= 4 is 79.0 Å². The van der Waals surface area contributed by atoms with Gasteiger partial charge in [-0.2, -0.15) is 0 Å². The van der Waals surface area contributed by atoms with Gasteiger partial charge in [0.25, 0.3) is 6.71 Å². The maximum Gasteiger partial charge on any atom is 0.252 e. The summed E-state index contributed by atoms with van der Waals surface area (Å²) in [6.07, 6.45) is 0. The van der Waals surface area contributed by atoms with Crippen molar-refractivity contribution in [3.05, 3.63) is 307 Å². The first-order valence-corrected chi connectivity index (χ1v) is 33.4. The molecule has 0 bridgehead atoms. The van der Waals surface area contributed by atoms with Crippen molar-refractivity contribution in [2.24, 2.45) is 0 Å². The highest BCUT2D eigenvalue weighted by Gasteiger charge is 2.47. The Kier molecular flexibility index (Phi) is 10.8. The molecule has 0 radical (unpaired) electrons. The van der Waals surface area contributed by atoms with E-state index in [1.165, 1.54) is 4.57 Å². The van der Waals surface area contributed by atoms with Gasteiger partial charge in [-0.1, -0.05) is 301 Å². The number of fused-ring (bicyclic) bond motifs is 7. The molecular formula is C93H83BN4. The highest BCUT2D eigenvalue weighted by atomic mass is 15.2. The summed E-state index contributed by atoms with van der Waals surface area (Å²) in [4.78, 5) is 9.98. The first-order valence-electron chi connectivity index (χ1n) is 42.4. The Morgan fingerprint density at radius 2 is 0.724 bits per heavy atom. The van der Waals surface area contributed by atoms with Gasteiger partial charge >= 0.3 is 0 Å². The maximum absolute atomic E-state index is 10.2. The second kappa shape index (κ2) is 23.5. The molecule has 478 valence electrons. The van der Waals surface area contributed by atoms with Crippen LogP contribution in [0.2, 0.25) is 0 Å². The Morgan fingerprint density at radius 3 is 1.13 bits per heavy atom. The molecule has 0 spiro atoms. The third-order valence-electron chi connectivity index (χ3n) is 19.2. The summed E-state index contributed by atoms with van der Waals surface area (Å²) < 4.78 is 173. The molecule has 2 aromatic heterocycles. The van der Waals surface area contributed by atoms with E-state index in [-0.39, 0.29) is 49.7 Å². The molecule has 0 saturated carbocycles. The van der Waals surface area contributed by atoms with Crippen LogP contribution in [0.3, 0.4) is 0 Å². The minimum Gasteiger partial charge on any atom is -0.310 e. The predicted molar refractivity (Wildman–Crippen MR) is 420 cm³/mol. The Hall–Kier alpha value is -10.7. The standard InChI is InChI=1S/C93H83BN4/c1-90(2,3)67-54-73(62-36-22-15-23-37-62)87(74(55-67)63-38-24-16-25-39-63)97-81-52-65(60-32-18-13-19-33-60)46-49-77(81)94-78-50-47-66(61-34-20-14-21-35-61)53-82(78)98(84-59-69(58-83(97)86(84)94)96-79-44-30-28-42-70(79)71-43-29-31-45-80(71)96)88-75(64-40-26-17-27-41-64)56-68(91(4,5)6)57-76(88)72-48-51-85(92(7,8)9)95-89(72)93(10,11)12/h13-59H,1-12H3/i13D,14D,18D,19D,20D,21D,28D,29D,30D,31D,32D,33D,34D,35D,42D,43D,44D,45D. The van der Waals surface area contributed by atoms with Crippen LogP contribution in [0.25, 0.3) is 94.3 Å². The zero-order valence-electron chi connectivity index (χ0n) is 75.1. The molecule has 2 aliphatic rings. The van der Waals surface area contributed by atoms with Crippen LogP contribution in [0.15, 0.2) is 285 Å². The number of rotatable bonds is 9. The van der Waals surface area contributed by atoms with E-state index in [1.54, 1.807) is 12.1 Å². The van der Waals surface area contributed by atoms with Gasteiger partial charge in [0.05, 0.1) is 58.5 Å². The fourth-order valence-corrected chi connectivity index (χ4v) is 14.4.